The Morgan fingerprint density at radius 3 is 2.65 bits per heavy atom. The summed E-state index contributed by atoms with van der Waals surface area (Å²) in [5, 5.41) is 4.04. The number of hydrogen-bond acceptors (Lipinski definition) is 2. The Balaban J connectivity index is 0.000000182. The van der Waals surface area contributed by atoms with E-state index < -0.39 is 0 Å². The highest BCUT2D eigenvalue weighted by Gasteiger charge is 2.21. The van der Waals surface area contributed by atoms with Crippen LogP contribution < -0.4 is 0 Å². The molecule has 170 valence electrons. The Morgan fingerprint density at radius 1 is 0.794 bits per heavy atom. The Morgan fingerprint density at radius 2 is 1.74 bits per heavy atom. The molecule has 0 atom stereocenters. The van der Waals surface area contributed by atoms with E-state index in [4.69, 9.17) is 0 Å². The quantitative estimate of drug-likeness (QED) is 0.294. The highest BCUT2D eigenvalue weighted by molar-refractivity contribution is 5.94. The average Bonchev–Trinajstić information content (AvgIpc) is 2.93. The van der Waals surface area contributed by atoms with Gasteiger partial charge in [-0.05, 0) is 95.7 Å². The Bertz CT molecular complexity index is 1320. The molecule has 2 heteroatoms. The first-order valence-electron chi connectivity index (χ1n) is 13.0. The Kier molecular flexibility index (Phi) is 5.97. The van der Waals surface area contributed by atoms with Crippen molar-refractivity contribution in [2.24, 2.45) is 0 Å². The van der Waals surface area contributed by atoms with Crippen LogP contribution in [0.4, 0.5) is 0 Å². The van der Waals surface area contributed by atoms with Crippen LogP contribution in [0.2, 0.25) is 0 Å². The highest BCUT2D eigenvalue weighted by atomic mass is 14.7. The normalized spacial score (nSPS) is 17.8. The number of fused-ring (bicyclic) bond motifs is 5. The van der Waals surface area contributed by atoms with Crippen molar-refractivity contribution in [2.45, 2.75) is 63.7 Å². The van der Waals surface area contributed by atoms with Crippen molar-refractivity contribution in [2.75, 3.05) is 0 Å². The lowest BCUT2D eigenvalue weighted by atomic mass is 9.78. The number of pyridine rings is 2. The molecule has 0 radical (unpaired) electrons. The van der Waals surface area contributed by atoms with Gasteiger partial charge in [0, 0.05) is 24.0 Å². The van der Waals surface area contributed by atoms with Gasteiger partial charge in [-0.15, -0.1) is 0 Å². The molecular formula is C32H32N2. The maximum Gasteiger partial charge on any atom is 0.0732 e. The molecule has 0 bridgehead atoms. The molecule has 2 aromatic carbocycles. The summed E-state index contributed by atoms with van der Waals surface area (Å²) in [6.45, 7) is 0. The number of nitrogens with zero attached hydrogens (tertiary/aromatic N) is 2. The molecule has 0 spiro atoms. The largest absolute Gasteiger partial charge is 0.264 e. The van der Waals surface area contributed by atoms with Crippen molar-refractivity contribution in [3.8, 4) is 0 Å². The maximum atomic E-state index is 4.14. The summed E-state index contributed by atoms with van der Waals surface area (Å²) in [5.41, 5.74) is 8.88. The summed E-state index contributed by atoms with van der Waals surface area (Å²) in [7, 11) is 0. The van der Waals surface area contributed by atoms with Crippen LogP contribution in [-0.4, -0.2) is 9.97 Å². The van der Waals surface area contributed by atoms with Gasteiger partial charge in [-0.2, -0.15) is 0 Å². The van der Waals surface area contributed by atoms with Crippen molar-refractivity contribution in [3.63, 3.8) is 0 Å². The summed E-state index contributed by atoms with van der Waals surface area (Å²) >= 11 is 0. The van der Waals surface area contributed by atoms with E-state index in [1.54, 1.807) is 29.1 Å². The van der Waals surface area contributed by atoms with Crippen LogP contribution in [0.3, 0.4) is 0 Å². The third-order valence-corrected chi connectivity index (χ3v) is 7.88. The van der Waals surface area contributed by atoms with E-state index in [9.17, 15) is 0 Å². The molecule has 2 heterocycles. The molecule has 4 aromatic rings. The van der Waals surface area contributed by atoms with Gasteiger partial charge in [0.05, 0.1) is 5.52 Å². The van der Waals surface area contributed by atoms with Crippen LogP contribution in [-0.2, 0) is 6.42 Å². The van der Waals surface area contributed by atoms with E-state index in [1.807, 2.05) is 24.4 Å². The minimum atomic E-state index is 0.801. The van der Waals surface area contributed by atoms with E-state index in [0.29, 0.717) is 0 Å². The summed E-state index contributed by atoms with van der Waals surface area (Å²) in [4.78, 5) is 8.11. The van der Waals surface area contributed by atoms with Gasteiger partial charge >= 0.3 is 0 Å². The van der Waals surface area contributed by atoms with Crippen molar-refractivity contribution in [1.29, 1.82) is 0 Å². The zero-order chi connectivity index (χ0) is 22.7. The minimum absolute atomic E-state index is 0.801. The van der Waals surface area contributed by atoms with E-state index in [2.05, 4.69) is 52.5 Å². The SMILES string of the molecule is C1=CC2=C(CC1)CCc1c2ccc2cc(C3CCCCC3)ccc12.c1cnc2ccncc2c1. The highest BCUT2D eigenvalue weighted by Crippen LogP contribution is 2.41. The van der Waals surface area contributed by atoms with Crippen molar-refractivity contribution >= 4 is 27.2 Å². The second-order valence-corrected chi connectivity index (χ2v) is 9.94. The fraction of sp³-hybridized carbons (Fsp3) is 0.312. The van der Waals surface area contributed by atoms with Gasteiger partial charge in [0.25, 0.3) is 0 Å². The molecule has 0 saturated heterocycles. The molecule has 0 amide bonds. The maximum absolute atomic E-state index is 4.14. The Labute approximate surface area is 202 Å². The van der Waals surface area contributed by atoms with Gasteiger partial charge in [0.2, 0.25) is 0 Å². The zero-order valence-corrected chi connectivity index (χ0v) is 19.8. The van der Waals surface area contributed by atoms with Gasteiger partial charge < -0.3 is 0 Å². The lowest BCUT2D eigenvalue weighted by Crippen LogP contribution is -2.08. The third-order valence-electron chi connectivity index (χ3n) is 7.88. The zero-order valence-electron chi connectivity index (χ0n) is 19.8. The number of benzene rings is 2. The monoisotopic (exact) mass is 444 g/mol. The van der Waals surface area contributed by atoms with Gasteiger partial charge in [-0.1, -0.05) is 67.3 Å². The van der Waals surface area contributed by atoms with Crippen molar-refractivity contribution in [3.05, 3.63) is 102 Å². The number of rotatable bonds is 1. The number of aryl methyl sites for hydroxylation is 1. The van der Waals surface area contributed by atoms with Gasteiger partial charge in [0.1, 0.15) is 0 Å². The molecule has 0 unspecified atom stereocenters. The van der Waals surface area contributed by atoms with Crippen LogP contribution in [0, 0.1) is 0 Å². The van der Waals surface area contributed by atoms with E-state index in [-0.39, 0.29) is 0 Å². The molecule has 0 N–H and O–H groups in total. The van der Waals surface area contributed by atoms with E-state index in [0.717, 1.165) is 16.8 Å². The second kappa shape index (κ2) is 9.54. The van der Waals surface area contributed by atoms with Crippen LogP contribution in [0.15, 0.2) is 84.8 Å². The van der Waals surface area contributed by atoms with Crippen molar-refractivity contribution < 1.29 is 0 Å². The summed E-state index contributed by atoms with van der Waals surface area (Å²) in [5.74, 6) is 0.801. The van der Waals surface area contributed by atoms with Crippen LogP contribution in [0.25, 0.3) is 27.2 Å². The van der Waals surface area contributed by atoms with Crippen LogP contribution in [0.5, 0.6) is 0 Å². The summed E-state index contributed by atoms with van der Waals surface area (Å²) < 4.78 is 0. The first kappa shape index (κ1) is 21.3. The number of aromatic nitrogens is 2. The van der Waals surface area contributed by atoms with E-state index >= 15 is 0 Å². The van der Waals surface area contributed by atoms with Gasteiger partial charge in [-0.3, -0.25) is 9.97 Å². The first-order chi connectivity index (χ1) is 16.9. The van der Waals surface area contributed by atoms with Crippen LogP contribution >= 0.6 is 0 Å². The van der Waals surface area contributed by atoms with E-state index in [1.165, 1.54) is 79.7 Å². The third kappa shape index (κ3) is 4.18. The average molecular weight is 445 g/mol. The topological polar surface area (TPSA) is 25.8 Å². The molecule has 2 nitrogen and oxygen atoms in total. The predicted octanol–water partition coefficient (Wildman–Crippen LogP) is 8.57. The van der Waals surface area contributed by atoms with Gasteiger partial charge in [-0.25, -0.2) is 0 Å². The fourth-order valence-corrected chi connectivity index (χ4v) is 6.07. The molecule has 0 aliphatic heterocycles. The first-order valence-corrected chi connectivity index (χ1v) is 13.0. The smallest absolute Gasteiger partial charge is 0.0732 e. The fourth-order valence-electron chi connectivity index (χ4n) is 6.07. The summed E-state index contributed by atoms with van der Waals surface area (Å²) in [6, 6.07) is 17.9. The van der Waals surface area contributed by atoms with Crippen LogP contribution in [0.1, 0.15) is 74.0 Å². The molecule has 3 aliphatic carbocycles. The molecule has 1 fully saturated rings. The minimum Gasteiger partial charge on any atom is -0.264 e. The molecule has 34 heavy (non-hydrogen) atoms. The lowest BCUT2D eigenvalue weighted by Gasteiger charge is -2.26. The summed E-state index contributed by atoms with van der Waals surface area (Å²) in [6.07, 6.45) is 22.1. The molecule has 1 saturated carbocycles. The standard InChI is InChI=1S/C24H26.C8H6N2/c1-2-6-17(7-3-1)19-11-13-22-20(16-19)12-15-23-21-9-5-4-8-18(21)10-14-24(22)23;1-2-7-6-9-5-3-8(7)10-4-1/h5,9,11-13,15-17H,1-4,6-8,10,14H2;1-6H. The number of allylic oxidation sites excluding steroid dienone is 4. The predicted molar refractivity (Wildman–Crippen MR) is 143 cm³/mol. The molecule has 2 aromatic heterocycles. The molecular weight excluding hydrogens is 412 g/mol. The number of hydrogen-bond donors (Lipinski definition) is 0. The Hall–Kier alpha value is -3.26. The van der Waals surface area contributed by atoms with Gasteiger partial charge in [0.15, 0.2) is 0 Å². The molecule has 3 aliphatic rings. The molecule has 7 rings (SSSR count). The second-order valence-electron chi connectivity index (χ2n) is 9.94. The lowest BCUT2D eigenvalue weighted by molar-refractivity contribution is 0.444. The van der Waals surface area contributed by atoms with Crippen molar-refractivity contribution in [1.82, 2.24) is 9.97 Å².